The Hall–Kier alpha value is -0.450. The van der Waals surface area contributed by atoms with Crippen molar-refractivity contribution in [1.29, 1.82) is 0 Å². The van der Waals surface area contributed by atoms with Crippen molar-refractivity contribution in [3.8, 4) is 0 Å². The zero-order valence-corrected chi connectivity index (χ0v) is 9.25. The summed E-state index contributed by atoms with van der Waals surface area (Å²) in [5.74, 6) is -0.0862. The number of Topliss-reactive ketones (excluding diaryl/α,β-unsaturated/α-hetero) is 1. The number of rotatable bonds is 3. The molecule has 0 aromatic rings. The molecule has 4 nitrogen and oxygen atoms in total. The highest BCUT2D eigenvalue weighted by molar-refractivity contribution is 5.75. The third kappa shape index (κ3) is 2.77. The maximum absolute atomic E-state index is 10.9. The van der Waals surface area contributed by atoms with E-state index in [1.807, 2.05) is 0 Å². The van der Waals surface area contributed by atoms with Gasteiger partial charge in [-0.3, -0.25) is 0 Å². The Labute approximate surface area is 90.3 Å². The van der Waals surface area contributed by atoms with Crippen molar-refractivity contribution in [3.63, 3.8) is 0 Å². The predicted molar refractivity (Wildman–Crippen MR) is 55.6 cm³/mol. The highest BCUT2D eigenvalue weighted by Gasteiger charge is 2.40. The lowest BCUT2D eigenvalue weighted by molar-refractivity contribution is -0.180. The number of carbonyl (C=O) groups excluding carboxylic acids is 1. The first-order valence-electron chi connectivity index (χ1n) is 5.71. The van der Waals surface area contributed by atoms with E-state index in [0.717, 1.165) is 25.8 Å². The molecule has 0 aromatic carbocycles. The van der Waals surface area contributed by atoms with Crippen LogP contribution in [-0.2, 0) is 14.3 Å². The molecule has 1 spiro atoms. The lowest BCUT2D eigenvalue weighted by atomic mass is 9.94. The molecule has 2 heterocycles. The van der Waals surface area contributed by atoms with E-state index in [0.29, 0.717) is 25.7 Å². The molecule has 0 radical (unpaired) electrons. The first-order valence-corrected chi connectivity index (χ1v) is 5.71. The number of ketones is 1. The molecule has 1 N–H and O–H groups in total. The van der Waals surface area contributed by atoms with Gasteiger partial charge in [0.1, 0.15) is 5.78 Å². The zero-order chi connectivity index (χ0) is 10.7. The number of nitrogens with one attached hydrogen (secondary N) is 1. The molecule has 0 amide bonds. The quantitative estimate of drug-likeness (QED) is 0.755. The number of hydrogen-bond acceptors (Lipinski definition) is 4. The molecule has 0 aromatic heterocycles. The van der Waals surface area contributed by atoms with Crippen LogP contribution in [0.3, 0.4) is 0 Å². The van der Waals surface area contributed by atoms with Crippen LogP contribution in [-0.4, -0.2) is 37.4 Å². The van der Waals surface area contributed by atoms with Crippen molar-refractivity contribution < 1.29 is 14.3 Å². The summed E-state index contributed by atoms with van der Waals surface area (Å²) in [4.78, 5) is 10.9. The van der Waals surface area contributed by atoms with Crippen molar-refractivity contribution in [3.05, 3.63) is 0 Å². The van der Waals surface area contributed by atoms with Gasteiger partial charge in [-0.1, -0.05) is 0 Å². The molecule has 0 aliphatic carbocycles. The largest absolute Gasteiger partial charge is 0.347 e. The Morgan fingerprint density at radius 3 is 2.87 bits per heavy atom. The molecule has 2 aliphatic heterocycles. The van der Waals surface area contributed by atoms with Crippen molar-refractivity contribution >= 4 is 5.78 Å². The number of hydrogen-bond donors (Lipinski definition) is 1. The summed E-state index contributed by atoms with van der Waals surface area (Å²) >= 11 is 0. The number of piperidine rings is 1. The average molecular weight is 213 g/mol. The van der Waals surface area contributed by atoms with E-state index in [9.17, 15) is 4.79 Å². The van der Waals surface area contributed by atoms with E-state index in [2.05, 4.69) is 5.32 Å². The smallest absolute Gasteiger partial charge is 0.171 e. The van der Waals surface area contributed by atoms with Gasteiger partial charge in [-0.2, -0.15) is 0 Å². The molecule has 15 heavy (non-hydrogen) atoms. The first-order chi connectivity index (χ1) is 7.20. The topological polar surface area (TPSA) is 47.6 Å². The highest BCUT2D eigenvalue weighted by atomic mass is 16.7. The van der Waals surface area contributed by atoms with Crippen LogP contribution in [0.5, 0.6) is 0 Å². The minimum Gasteiger partial charge on any atom is -0.347 e. The maximum Gasteiger partial charge on any atom is 0.171 e. The molecule has 2 aliphatic rings. The minimum atomic E-state index is -0.341. The molecule has 2 saturated heterocycles. The summed E-state index contributed by atoms with van der Waals surface area (Å²) in [6.45, 7) is 3.97. The Kier molecular flexibility index (Phi) is 3.38. The second-order valence-electron chi connectivity index (χ2n) is 4.45. The summed E-state index contributed by atoms with van der Waals surface area (Å²) in [5.41, 5.74) is 0. The third-order valence-electron chi connectivity index (χ3n) is 3.15. The lowest BCUT2D eigenvalue weighted by Crippen LogP contribution is -2.48. The number of ether oxygens (including phenoxy) is 2. The van der Waals surface area contributed by atoms with Gasteiger partial charge in [0.25, 0.3) is 0 Å². The second kappa shape index (κ2) is 4.60. The zero-order valence-electron chi connectivity index (χ0n) is 9.25. The van der Waals surface area contributed by atoms with E-state index < -0.39 is 0 Å². The Bertz CT molecular complexity index is 236. The molecule has 86 valence electrons. The summed E-state index contributed by atoms with van der Waals surface area (Å²) in [6, 6.07) is 0.362. The molecular formula is C11H19NO3. The molecule has 0 saturated carbocycles. The second-order valence-corrected chi connectivity index (χ2v) is 4.45. The fraction of sp³-hybridized carbons (Fsp3) is 0.909. The van der Waals surface area contributed by atoms with Crippen molar-refractivity contribution in [2.24, 2.45) is 0 Å². The molecular weight excluding hydrogens is 194 g/mol. The van der Waals surface area contributed by atoms with E-state index in [-0.39, 0.29) is 11.6 Å². The Morgan fingerprint density at radius 2 is 2.20 bits per heavy atom. The molecule has 1 unspecified atom stereocenters. The Balaban J connectivity index is 1.84. The van der Waals surface area contributed by atoms with Gasteiger partial charge in [-0.25, -0.2) is 0 Å². The van der Waals surface area contributed by atoms with Crippen LogP contribution < -0.4 is 5.32 Å². The van der Waals surface area contributed by atoms with Crippen LogP contribution in [0, 0.1) is 0 Å². The predicted octanol–water partition coefficient (Wildman–Crippen LogP) is 0.851. The normalized spacial score (nSPS) is 29.5. The fourth-order valence-electron chi connectivity index (χ4n) is 2.36. The van der Waals surface area contributed by atoms with Crippen molar-refractivity contribution in [1.82, 2.24) is 5.32 Å². The van der Waals surface area contributed by atoms with Crippen LogP contribution in [0.1, 0.15) is 32.6 Å². The van der Waals surface area contributed by atoms with Crippen LogP contribution in [0.4, 0.5) is 0 Å². The van der Waals surface area contributed by atoms with Crippen molar-refractivity contribution in [2.75, 3.05) is 19.8 Å². The summed E-state index contributed by atoms with van der Waals surface area (Å²) in [6.07, 6.45) is 3.33. The number of carbonyl (C=O) groups is 1. The third-order valence-corrected chi connectivity index (χ3v) is 3.15. The summed E-state index contributed by atoms with van der Waals surface area (Å²) in [5, 5.41) is 3.41. The van der Waals surface area contributed by atoms with Gasteiger partial charge in [-0.15, -0.1) is 0 Å². The molecule has 0 bridgehead atoms. The van der Waals surface area contributed by atoms with Gasteiger partial charge in [-0.05, 0) is 13.3 Å². The minimum absolute atomic E-state index is 0.254. The van der Waals surface area contributed by atoms with Crippen LogP contribution in [0.2, 0.25) is 0 Å². The molecule has 4 heteroatoms. The standard InChI is InChI=1S/C11H19NO3/c1-9(13)2-3-10-8-11(4-5-12-10)14-6-7-15-11/h10,12H,2-8H2,1H3. The highest BCUT2D eigenvalue weighted by Crippen LogP contribution is 2.32. The summed E-state index contributed by atoms with van der Waals surface area (Å²) < 4.78 is 11.3. The Morgan fingerprint density at radius 1 is 1.47 bits per heavy atom. The van der Waals surface area contributed by atoms with Gasteiger partial charge in [0, 0.05) is 31.8 Å². The van der Waals surface area contributed by atoms with Crippen molar-refractivity contribution in [2.45, 2.75) is 44.4 Å². The monoisotopic (exact) mass is 213 g/mol. The maximum atomic E-state index is 10.9. The summed E-state index contributed by atoms with van der Waals surface area (Å²) in [7, 11) is 0. The average Bonchev–Trinajstić information content (AvgIpc) is 2.63. The lowest BCUT2D eigenvalue weighted by Gasteiger charge is -2.36. The van der Waals surface area contributed by atoms with Crippen LogP contribution >= 0.6 is 0 Å². The van der Waals surface area contributed by atoms with Crippen LogP contribution in [0.15, 0.2) is 0 Å². The van der Waals surface area contributed by atoms with E-state index >= 15 is 0 Å². The van der Waals surface area contributed by atoms with Gasteiger partial charge >= 0.3 is 0 Å². The van der Waals surface area contributed by atoms with Crippen LogP contribution in [0.25, 0.3) is 0 Å². The van der Waals surface area contributed by atoms with Gasteiger partial charge in [0.15, 0.2) is 5.79 Å². The first kappa shape index (κ1) is 11.0. The van der Waals surface area contributed by atoms with Gasteiger partial charge < -0.3 is 19.6 Å². The molecule has 2 rings (SSSR count). The molecule has 2 fully saturated rings. The SMILES string of the molecule is CC(=O)CCC1CC2(CCN1)OCCO2. The van der Waals surface area contributed by atoms with E-state index in [1.54, 1.807) is 6.92 Å². The molecule has 1 atom stereocenters. The van der Waals surface area contributed by atoms with E-state index in [4.69, 9.17) is 9.47 Å². The van der Waals surface area contributed by atoms with Gasteiger partial charge in [0.05, 0.1) is 13.2 Å². The van der Waals surface area contributed by atoms with E-state index in [1.165, 1.54) is 0 Å². The fourth-order valence-corrected chi connectivity index (χ4v) is 2.36. The van der Waals surface area contributed by atoms with Gasteiger partial charge in [0.2, 0.25) is 0 Å².